The van der Waals surface area contributed by atoms with Crippen molar-refractivity contribution in [2.24, 2.45) is 4.99 Å². The van der Waals surface area contributed by atoms with Gasteiger partial charge in [0, 0.05) is 11.1 Å². The zero-order valence-corrected chi connectivity index (χ0v) is 30.9. The second kappa shape index (κ2) is 16.4. The molecule has 0 amide bonds. The molecule has 0 bridgehead atoms. The van der Waals surface area contributed by atoms with E-state index < -0.39 is 28.5 Å². The highest BCUT2D eigenvalue weighted by atomic mass is 79.9. The average Bonchev–Trinajstić information content (AvgIpc) is 3.39. The summed E-state index contributed by atoms with van der Waals surface area (Å²) in [6.45, 7) is 5.11. The molecule has 0 fully saturated rings. The fourth-order valence-electron chi connectivity index (χ4n) is 5.28. The van der Waals surface area contributed by atoms with E-state index in [0.717, 1.165) is 16.9 Å². The summed E-state index contributed by atoms with van der Waals surface area (Å²) in [7, 11) is 1.24. The van der Waals surface area contributed by atoms with Gasteiger partial charge >= 0.3 is 17.6 Å². The van der Waals surface area contributed by atoms with Gasteiger partial charge in [-0.05, 0) is 89.8 Å². The molecule has 0 aliphatic carbocycles. The molecule has 0 saturated heterocycles. The van der Waals surface area contributed by atoms with E-state index in [-0.39, 0.29) is 59.5 Å². The number of nitrogens with zero attached hydrogens (tertiary/aromatic N) is 3. The zero-order valence-electron chi connectivity index (χ0n) is 27.8. The van der Waals surface area contributed by atoms with Crippen molar-refractivity contribution in [2.75, 3.05) is 26.9 Å². The van der Waals surface area contributed by atoms with E-state index in [4.69, 9.17) is 30.5 Å². The summed E-state index contributed by atoms with van der Waals surface area (Å²) in [5, 5.41) is 12.7. The van der Waals surface area contributed by atoms with E-state index in [0.29, 0.717) is 31.1 Å². The minimum Gasteiger partial charge on any atom is -0.490 e. The number of ether oxygens (including phenoxy) is 5. The normalized spacial score (nSPS) is 14.0. The molecule has 266 valence electrons. The summed E-state index contributed by atoms with van der Waals surface area (Å²) in [4.78, 5) is 55.8. The molecule has 3 aromatic carbocycles. The number of hydrogen-bond acceptors (Lipinski definition) is 12. The van der Waals surface area contributed by atoms with E-state index in [9.17, 15) is 24.5 Å². The van der Waals surface area contributed by atoms with Crippen LogP contribution in [0.25, 0.3) is 6.08 Å². The van der Waals surface area contributed by atoms with E-state index in [1.54, 1.807) is 69.3 Å². The smallest absolute Gasteiger partial charge is 0.343 e. The number of hydrogen-bond donors (Lipinski definition) is 0. The Kier molecular flexibility index (Phi) is 12.0. The maximum absolute atomic E-state index is 14.2. The topological polar surface area (TPSA) is 158 Å². The van der Waals surface area contributed by atoms with Crippen LogP contribution in [0.3, 0.4) is 0 Å². The quantitative estimate of drug-likeness (QED) is 0.0940. The van der Waals surface area contributed by atoms with Crippen LogP contribution in [-0.4, -0.2) is 48.4 Å². The lowest BCUT2D eigenvalue weighted by molar-refractivity contribution is -0.386. The Hall–Kier alpha value is -4.99. The van der Waals surface area contributed by atoms with Crippen LogP contribution in [0.2, 0.25) is 5.02 Å². The monoisotopic (exact) mass is 799 g/mol. The predicted molar refractivity (Wildman–Crippen MR) is 192 cm³/mol. The molecule has 1 aliphatic heterocycles. The van der Waals surface area contributed by atoms with E-state index >= 15 is 0 Å². The van der Waals surface area contributed by atoms with Crippen LogP contribution < -0.4 is 29.1 Å². The van der Waals surface area contributed by atoms with Gasteiger partial charge < -0.3 is 23.7 Å². The summed E-state index contributed by atoms with van der Waals surface area (Å²) in [6.07, 6.45) is 1.51. The summed E-state index contributed by atoms with van der Waals surface area (Å²) in [6, 6.07) is 13.7. The molecule has 13 nitrogen and oxygen atoms in total. The standard InChI is InChI=1S/C35H31BrClN3O10S/c1-5-47-27-16-22(10-11-26(27)49-18-29(41)46-4)31-30(34(43)48-6-2)19(3)38-35-39(31)33(42)28(51-35)15-21-13-24(36)32(25(14-21)40(44)45)50-17-20-8-7-9-23(37)12-20/h7-16,31H,5-6,17-18H2,1-4H3/b28-15+/t31-/m1/s1. The number of aromatic nitrogens is 1. The molecule has 1 atom stereocenters. The number of methoxy groups -OCH3 is 1. The first-order chi connectivity index (χ1) is 24.4. The summed E-state index contributed by atoms with van der Waals surface area (Å²) in [5.74, 6) is -0.709. The Bertz CT molecular complexity index is 2230. The van der Waals surface area contributed by atoms with Crippen molar-refractivity contribution in [3.05, 3.63) is 122 Å². The number of fused-ring (bicyclic) bond motifs is 1. The van der Waals surface area contributed by atoms with Gasteiger partial charge in [0.25, 0.3) is 5.56 Å². The largest absolute Gasteiger partial charge is 0.490 e. The first kappa shape index (κ1) is 37.3. The third-order valence-corrected chi connectivity index (χ3v) is 9.29. The van der Waals surface area contributed by atoms with Crippen molar-refractivity contribution in [2.45, 2.75) is 33.4 Å². The number of carbonyl (C=O) groups is 2. The van der Waals surface area contributed by atoms with E-state index in [1.807, 2.05) is 0 Å². The lowest BCUT2D eigenvalue weighted by atomic mass is 9.95. The molecule has 0 unspecified atom stereocenters. The van der Waals surface area contributed by atoms with Crippen molar-refractivity contribution in [3.63, 3.8) is 0 Å². The van der Waals surface area contributed by atoms with Gasteiger partial charge in [0.15, 0.2) is 22.9 Å². The average molecular weight is 801 g/mol. The van der Waals surface area contributed by atoms with Crippen LogP contribution in [0.5, 0.6) is 17.2 Å². The van der Waals surface area contributed by atoms with Crippen LogP contribution in [-0.2, 0) is 25.7 Å². The van der Waals surface area contributed by atoms with Crippen molar-refractivity contribution in [1.29, 1.82) is 0 Å². The molecule has 5 rings (SSSR count). The molecule has 0 radical (unpaired) electrons. The molecule has 0 N–H and O–H groups in total. The Morgan fingerprint density at radius 3 is 2.55 bits per heavy atom. The first-order valence-corrected chi connectivity index (χ1v) is 17.5. The molecule has 51 heavy (non-hydrogen) atoms. The molecule has 2 heterocycles. The Morgan fingerprint density at radius 1 is 1.08 bits per heavy atom. The first-order valence-electron chi connectivity index (χ1n) is 15.5. The van der Waals surface area contributed by atoms with Crippen LogP contribution >= 0.6 is 38.9 Å². The lowest BCUT2D eigenvalue weighted by Gasteiger charge is -2.25. The highest BCUT2D eigenvalue weighted by Crippen LogP contribution is 2.38. The highest BCUT2D eigenvalue weighted by molar-refractivity contribution is 9.10. The molecule has 1 aromatic heterocycles. The maximum atomic E-state index is 14.2. The van der Waals surface area contributed by atoms with Gasteiger partial charge in [-0.2, -0.15) is 0 Å². The maximum Gasteiger partial charge on any atom is 0.343 e. The fraction of sp³-hybridized carbons (Fsp3) is 0.257. The number of benzene rings is 3. The molecule has 1 aliphatic rings. The molecular formula is C35H31BrClN3O10S. The zero-order chi connectivity index (χ0) is 36.8. The van der Waals surface area contributed by atoms with Gasteiger partial charge in [0.2, 0.25) is 5.75 Å². The number of halogens is 2. The molecule has 0 spiro atoms. The number of esters is 2. The number of nitro benzene ring substituents is 1. The summed E-state index contributed by atoms with van der Waals surface area (Å²) < 4.78 is 29.2. The lowest BCUT2D eigenvalue weighted by Crippen LogP contribution is -2.40. The van der Waals surface area contributed by atoms with Gasteiger partial charge in [0.05, 0.1) is 51.6 Å². The third kappa shape index (κ3) is 8.32. The summed E-state index contributed by atoms with van der Waals surface area (Å²) >= 11 is 10.5. The second-order valence-electron chi connectivity index (χ2n) is 10.8. The van der Waals surface area contributed by atoms with Crippen LogP contribution in [0.15, 0.2) is 80.1 Å². The molecule has 16 heteroatoms. The van der Waals surface area contributed by atoms with Crippen molar-refractivity contribution in [3.8, 4) is 17.2 Å². The van der Waals surface area contributed by atoms with Gasteiger partial charge in [-0.1, -0.05) is 41.1 Å². The molecule has 4 aromatic rings. The van der Waals surface area contributed by atoms with Crippen molar-refractivity contribution >= 4 is 62.6 Å². The highest BCUT2D eigenvalue weighted by Gasteiger charge is 2.34. The van der Waals surface area contributed by atoms with E-state index in [2.05, 4.69) is 25.7 Å². The number of thiazole rings is 1. The number of allylic oxidation sites excluding steroid dienone is 1. The molecular weight excluding hydrogens is 770 g/mol. The number of nitro groups is 1. The van der Waals surface area contributed by atoms with E-state index in [1.165, 1.54) is 23.8 Å². The second-order valence-corrected chi connectivity index (χ2v) is 13.1. The minimum atomic E-state index is -0.986. The van der Waals surface area contributed by atoms with Crippen LogP contribution in [0.4, 0.5) is 5.69 Å². The third-order valence-electron chi connectivity index (χ3n) is 7.49. The summed E-state index contributed by atoms with van der Waals surface area (Å²) in [5.41, 5.74) is 1.21. The van der Waals surface area contributed by atoms with Crippen molar-refractivity contribution in [1.82, 2.24) is 4.57 Å². The van der Waals surface area contributed by atoms with Crippen LogP contribution in [0.1, 0.15) is 43.5 Å². The fourth-order valence-corrected chi connectivity index (χ4v) is 7.12. The Balaban J connectivity index is 1.61. The van der Waals surface area contributed by atoms with Gasteiger partial charge in [-0.25, -0.2) is 14.6 Å². The Morgan fingerprint density at radius 2 is 1.86 bits per heavy atom. The minimum absolute atomic E-state index is 0.0115. The van der Waals surface area contributed by atoms with Gasteiger partial charge in [-0.3, -0.25) is 19.5 Å². The number of carbonyl (C=O) groups excluding carboxylic acids is 2. The molecule has 0 saturated carbocycles. The Labute approximate surface area is 308 Å². The predicted octanol–water partition coefficient (Wildman–Crippen LogP) is 5.65. The van der Waals surface area contributed by atoms with Gasteiger partial charge in [-0.15, -0.1) is 0 Å². The number of rotatable bonds is 13. The van der Waals surface area contributed by atoms with Gasteiger partial charge in [0.1, 0.15) is 6.61 Å². The van der Waals surface area contributed by atoms with Crippen LogP contribution in [0, 0.1) is 10.1 Å². The van der Waals surface area contributed by atoms with Crippen molar-refractivity contribution < 1.29 is 38.2 Å². The SMILES string of the molecule is CCOC(=O)C1=C(C)N=c2s/c(=C/c3cc(Br)c(OCc4cccc(Cl)c4)c([N+](=O)[O-])c3)c(=O)n2[C@@H]1c1ccc(OCC(=O)OC)c(OCC)c1.